The van der Waals surface area contributed by atoms with E-state index in [9.17, 15) is 29.1 Å². The molecule has 0 aromatic heterocycles. The molecular weight excluding hydrogens is 480 g/mol. The van der Waals surface area contributed by atoms with Crippen molar-refractivity contribution < 1.29 is 29.1 Å². The van der Waals surface area contributed by atoms with Crippen molar-refractivity contribution in [3.8, 4) is 0 Å². The predicted octanol–water partition coefficient (Wildman–Crippen LogP) is -2.96. The number of nitrogens with two attached hydrogens (primary N) is 4. The molecule has 1 aliphatic heterocycles. The standard InChI is InChI=1S/C20H36N8O6S/c1-35-9-6-12(26-16(30)11(21)10-15(22)29)18(32)28-8-3-5-14(28)17(31)27-13(19(33)34)4-2-7-25-20(23)24/h11-14H,2-10,21H2,1H3,(H2,22,29)(H,26,30)(H,27,31)(H,33,34)(H4,23,24,25). The van der Waals surface area contributed by atoms with Crippen molar-refractivity contribution >= 4 is 47.3 Å². The Bertz CT molecular complexity index is 806. The summed E-state index contributed by atoms with van der Waals surface area (Å²) in [4.78, 5) is 66.4. The first-order valence-electron chi connectivity index (χ1n) is 11.2. The zero-order chi connectivity index (χ0) is 26.5. The average molecular weight is 517 g/mol. The molecule has 0 aromatic carbocycles. The Labute approximate surface area is 208 Å². The summed E-state index contributed by atoms with van der Waals surface area (Å²) in [6.07, 6.45) is 3.07. The predicted molar refractivity (Wildman–Crippen MR) is 131 cm³/mol. The number of carbonyl (C=O) groups excluding carboxylic acids is 4. The van der Waals surface area contributed by atoms with E-state index in [4.69, 9.17) is 22.9 Å². The van der Waals surface area contributed by atoms with Crippen LogP contribution in [0, 0.1) is 0 Å². The summed E-state index contributed by atoms with van der Waals surface area (Å²) in [5.74, 6) is -3.30. The number of guanidine groups is 1. The smallest absolute Gasteiger partial charge is 0.326 e. The molecule has 198 valence electrons. The van der Waals surface area contributed by atoms with Crippen molar-refractivity contribution in [1.82, 2.24) is 15.5 Å². The quantitative estimate of drug-likeness (QED) is 0.0661. The third-order valence-corrected chi connectivity index (χ3v) is 6.03. The Kier molecular flexibility index (Phi) is 12.9. The van der Waals surface area contributed by atoms with E-state index in [2.05, 4.69) is 15.6 Å². The molecule has 0 radical (unpaired) electrons. The van der Waals surface area contributed by atoms with E-state index in [-0.39, 0.29) is 38.3 Å². The van der Waals surface area contributed by atoms with Gasteiger partial charge in [-0.25, -0.2) is 4.79 Å². The van der Waals surface area contributed by atoms with Crippen LogP contribution in [0.1, 0.15) is 38.5 Å². The van der Waals surface area contributed by atoms with E-state index in [0.717, 1.165) is 0 Å². The molecule has 1 fully saturated rings. The SMILES string of the molecule is CSCCC(NC(=O)C(N)CC(N)=O)C(=O)N1CCCC1C(=O)NC(CCCN=C(N)N)C(=O)O. The van der Waals surface area contributed by atoms with Crippen LogP contribution >= 0.6 is 11.8 Å². The van der Waals surface area contributed by atoms with Crippen molar-refractivity contribution in [3.63, 3.8) is 0 Å². The number of likely N-dealkylation sites (tertiary alicyclic amines) is 1. The lowest BCUT2D eigenvalue weighted by Gasteiger charge is -2.30. The normalized spacial score (nSPS) is 17.7. The molecule has 1 rings (SSSR count). The summed E-state index contributed by atoms with van der Waals surface area (Å²) in [6.45, 7) is 0.489. The number of aliphatic imine (C=N–C) groups is 1. The van der Waals surface area contributed by atoms with E-state index in [0.29, 0.717) is 25.0 Å². The molecular formula is C20H36N8O6S. The number of carboxylic acid groups (broad SMARTS) is 1. The number of hydrogen-bond donors (Lipinski definition) is 7. The van der Waals surface area contributed by atoms with Crippen molar-refractivity contribution in [2.45, 2.75) is 62.7 Å². The molecule has 0 bridgehead atoms. The van der Waals surface area contributed by atoms with Crippen LogP contribution in [0.25, 0.3) is 0 Å². The van der Waals surface area contributed by atoms with E-state index in [1.54, 1.807) is 0 Å². The Balaban J connectivity index is 2.88. The lowest BCUT2D eigenvalue weighted by Crippen LogP contribution is -2.57. The fourth-order valence-corrected chi connectivity index (χ4v) is 4.08. The number of rotatable bonds is 15. The number of amides is 4. The maximum Gasteiger partial charge on any atom is 0.326 e. The number of nitrogens with one attached hydrogen (secondary N) is 2. The highest BCUT2D eigenvalue weighted by Crippen LogP contribution is 2.20. The maximum absolute atomic E-state index is 13.3. The number of thioether (sulfide) groups is 1. The molecule has 0 aliphatic carbocycles. The van der Waals surface area contributed by atoms with Gasteiger partial charge in [0.1, 0.15) is 18.1 Å². The van der Waals surface area contributed by atoms with Crippen molar-refractivity contribution in [1.29, 1.82) is 0 Å². The molecule has 4 unspecified atom stereocenters. The number of hydrogen-bond acceptors (Lipinski definition) is 8. The van der Waals surface area contributed by atoms with Gasteiger partial charge in [-0.1, -0.05) is 0 Å². The number of carbonyl (C=O) groups is 5. The fraction of sp³-hybridized carbons (Fsp3) is 0.700. The molecule has 1 aliphatic rings. The number of primary amides is 1. The van der Waals surface area contributed by atoms with Gasteiger partial charge in [0.15, 0.2) is 5.96 Å². The van der Waals surface area contributed by atoms with Gasteiger partial charge >= 0.3 is 5.97 Å². The van der Waals surface area contributed by atoms with Crippen LogP contribution in [0.3, 0.4) is 0 Å². The van der Waals surface area contributed by atoms with Gasteiger partial charge in [0.2, 0.25) is 23.6 Å². The highest BCUT2D eigenvalue weighted by molar-refractivity contribution is 7.98. The number of aliphatic carboxylic acids is 1. The van der Waals surface area contributed by atoms with Gasteiger partial charge in [-0.3, -0.25) is 24.2 Å². The van der Waals surface area contributed by atoms with Crippen LogP contribution in [0.4, 0.5) is 0 Å². The lowest BCUT2D eigenvalue weighted by molar-refractivity contribution is -0.145. The zero-order valence-electron chi connectivity index (χ0n) is 19.8. The second-order valence-corrected chi connectivity index (χ2v) is 9.14. The second-order valence-electron chi connectivity index (χ2n) is 8.16. The monoisotopic (exact) mass is 516 g/mol. The average Bonchev–Trinajstić information content (AvgIpc) is 3.27. The summed E-state index contributed by atoms with van der Waals surface area (Å²) < 4.78 is 0. The van der Waals surface area contributed by atoms with Gasteiger partial charge in [0.05, 0.1) is 12.5 Å². The minimum atomic E-state index is -1.22. The summed E-state index contributed by atoms with van der Waals surface area (Å²) >= 11 is 1.47. The largest absolute Gasteiger partial charge is 0.480 e. The number of carboxylic acids is 1. The highest BCUT2D eigenvalue weighted by Gasteiger charge is 2.39. The molecule has 1 saturated heterocycles. The summed E-state index contributed by atoms with van der Waals surface area (Å²) in [7, 11) is 0. The molecule has 1 heterocycles. The van der Waals surface area contributed by atoms with Crippen LogP contribution < -0.4 is 33.6 Å². The van der Waals surface area contributed by atoms with Gasteiger partial charge in [-0.2, -0.15) is 11.8 Å². The second kappa shape index (κ2) is 15.0. The minimum Gasteiger partial charge on any atom is -0.480 e. The molecule has 35 heavy (non-hydrogen) atoms. The van der Waals surface area contributed by atoms with Crippen molar-refractivity contribution in [3.05, 3.63) is 0 Å². The van der Waals surface area contributed by atoms with Crippen LogP contribution in [-0.2, 0) is 24.0 Å². The Morgan fingerprint density at radius 1 is 1.11 bits per heavy atom. The molecule has 0 aromatic rings. The first-order valence-corrected chi connectivity index (χ1v) is 12.6. The number of nitrogens with zero attached hydrogens (tertiary/aromatic N) is 2. The van der Waals surface area contributed by atoms with Gasteiger partial charge < -0.3 is 43.6 Å². The highest BCUT2D eigenvalue weighted by atomic mass is 32.2. The van der Waals surface area contributed by atoms with Crippen molar-refractivity contribution in [2.75, 3.05) is 25.1 Å². The summed E-state index contributed by atoms with van der Waals surface area (Å²) in [5, 5.41) is 14.5. The topological polar surface area (TPSA) is 249 Å². The van der Waals surface area contributed by atoms with Crippen LogP contribution in [0.15, 0.2) is 4.99 Å². The maximum atomic E-state index is 13.3. The van der Waals surface area contributed by atoms with E-state index >= 15 is 0 Å². The third-order valence-electron chi connectivity index (χ3n) is 5.38. The van der Waals surface area contributed by atoms with E-state index in [1.807, 2.05) is 6.26 Å². The fourth-order valence-electron chi connectivity index (χ4n) is 3.61. The molecule has 11 N–H and O–H groups in total. The van der Waals surface area contributed by atoms with Crippen LogP contribution in [0.2, 0.25) is 0 Å². The zero-order valence-corrected chi connectivity index (χ0v) is 20.6. The van der Waals surface area contributed by atoms with Gasteiger partial charge in [0.25, 0.3) is 0 Å². The van der Waals surface area contributed by atoms with Gasteiger partial charge in [0, 0.05) is 13.1 Å². The Hall–Kier alpha value is -3.07. The van der Waals surface area contributed by atoms with Crippen LogP contribution in [0.5, 0.6) is 0 Å². The molecule has 0 saturated carbocycles. The molecule has 4 atom stereocenters. The lowest BCUT2D eigenvalue weighted by atomic mass is 10.1. The van der Waals surface area contributed by atoms with Gasteiger partial charge in [-0.15, -0.1) is 0 Å². The first-order chi connectivity index (χ1) is 16.5. The summed E-state index contributed by atoms with van der Waals surface area (Å²) in [5.41, 5.74) is 21.3. The van der Waals surface area contributed by atoms with Gasteiger partial charge in [-0.05, 0) is 44.1 Å². The Morgan fingerprint density at radius 3 is 2.37 bits per heavy atom. The molecule has 15 heteroatoms. The molecule has 0 spiro atoms. The van der Waals surface area contributed by atoms with E-state index in [1.165, 1.54) is 16.7 Å². The molecule has 4 amide bonds. The van der Waals surface area contributed by atoms with Crippen molar-refractivity contribution in [2.24, 2.45) is 27.9 Å². The van der Waals surface area contributed by atoms with E-state index < -0.39 is 53.8 Å². The summed E-state index contributed by atoms with van der Waals surface area (Å²) in [6, 6.07) is -4.22. The van der Waals surface area contributed by atoms with Crippen LogP contribution in [-0.4, -0.2) is 94.8 Å². The molecule has 14 nitrogen and oxygen atoms in total. The first kappa shape index (κ1) is 30.0. The minimum absolute atomic E-state index is 0.0999. The Morgan fingerprint density at radius 2 is 1.80 bits per heavy atom. The third kappa shape index (κ3) is 10.4.